The zero-order valence-corrected chi connectivity index (χ0v) is 26.1. The van der Waals surface area contributed by atoms with Gasteiger partial charge in [-0.05, 0) is 52.8 Å². The molecule has 0 radical (unpaired) electrons. The van der Waals surface area contributed by atoms with E-state index in [1.54, 1.807) is 18.3 Å². The van der Waals surface area contributed by atoms with Crippen molar-refractivity contribution in [2.24, 2.45) is 9.98 Å². The van der Waals surface area contributed by atoms with Crippen LogP contribution in [0.25, 0.3) is 0 Å². The molecule has 1 aliphatic carbocycles. The van der Waals surface area contributed by atoms with Crippen molar-refractivity contribution in [3.8, 4) is 17.2 Å². The second-order valence-corrected chi connectivity index (χ2v) is 14.2. The summed E-state index contributed by atoms with van der Waals surface area (Å²) < 4.78 is 5.37. The maximum atomic E-state index is 11.6. The Morgan fingerprint density at radius 1 is 0.750 bits per heavy atom. The van der Waals surface area contributed by atoms with Crippen molar-refractivity contribution in [3.63, 3.8) is 0 Å². The summed E-state index contributed by atoms with van der Waals surface area (Å²) >= 11 is 0. The number of phenols is 2. The molecule has 0 aliphatic heterocycles. The van der Waals surface area contributed by atoms with Crippen molar-refractivity contribution < 1.29 is 19.7 Å². The molecule has 2 aromatic carbocycles. The molecule has 0 unspecified atom stereocenters. The van der Waals surface area contributed by atoms with E-state index in [1.807, 2.05) is 33.1 Å². The Bertz CT molecular complexity index is 1290. The number of aromatic hydroxyl groups is 2. The lowest BCUT2D eigenvalue weighted by Crippen LogP contribution is -2.27. The molecule has 218 valence electrons. The summed E-state index contributed by atoms with van der Waals surface area (Å²) in [5.74, 6) is 0.394. The highest BCUT2D eigenvalue weighted by Gasteiger charge is 2.27. The van der Waals surface area contributed by atoms with Crippen LogP contribution in [0.5, 0.6) is 17.2 Å². The maximum Gasteiger partial charge on any atom is 0.308 e. The Balaban J connectivity index is 1.98. The Morgan fingerprint density at radius 3 is 1.62 bits per heavy atom. The number of carbonyl (C=O) groups excluding carboxylic acids is 1. The van der Waals surface area contributed by atoms with Gasteiger partial charge >= 0.3 is 5.97 Å². The average Bonchev–Trinajstić information content (AvgIpc) is 2.81. The molecule has 0 heterocycles. The van der Waals surface area contributed by atoms with Gasteiger partial charge in [-0.2, -0.15) is 0 Å². The summed E-state index contributed by atoms with van der Waals surface area (Å²) in [5.41, 5.74) is 3.38. The first-order valence-electron chi connectivity index (χ1n) is 14.4. The molecule has 0 spiro atoms. The van der Waals surface area contributed by atoms with E-state index in [4.69, 9.17) is 14.7 Å². The van der Waals surface area contributed by atoms with Crippen molar-refractivity contribution in [2.45, 2.75) is 123 Å². The van der Waals surface area contributed by atoms with Gasteiger partial charge in [-0.25, -0.2) is 0 Å². The zero-order valence-electron chi connectivity index (χ0n) is 26.1. The van der Waals surface area contributed by atoms with Gasteiger partial charge in [-0.1, -0.05) is 81.2 Å². The van der Waals surface area contributed by atoms with E-state index in [0.29, 0.717) is 16.9 Å². The number of aliphatic imine (C=N–C) groups is 2. The summed E-state index contributed by atoms with van der Waals surface area (Å²) in [6, 6.07) is 7.42. The summed E-state index contributed by atoms with van der Waals surface area (Å²) in [4.78, 5) is 21.5. The minimum atomic E-state index is -0.413. The summed E-state index contributed by atoms with van der Waals surface area (Å²) in [6.07, 6.45) is 7.41. The summed E-state index contributed by atoms with van der Waals surface area (Å²) in [5, 5.41) is 22.2. The van der Waals surface area contributed by atoms with Crippen molar-refractivity contribution in [1.29, 1.82) is 0 Å². The number of carbonyl (C=O) groups is 1. The summed E-state index contributed by atoms with van der Waals surface area (Å²) in [7, 11) is 0. The monoisotopic (exact) mass is 548 g/mol. The van der Waals surface area contributed by atoms with Crippen LogP contribution in [0.3, 0.4) is 0 Å². The first kappa shape index (κ1) is 31.4. The van der Waals surface area contributed by atoms with Gasteiger partial charge in [0, 0.05) is 41.6 Å². The number of phenolic OH excluding ortho intramolecular Hbond substituents is 2. The largest absolute Gasteiger partial charge is 0.507 e. The predicted octanol–water partition coefficient (Wildman–Crippen LogP) is 7.76. The van der Waals surface area contributed by atoms with Crippen LogP contribution in [0.4, 0.5) is 0 Å². The molecule has 2 aromatic rings. The van der Waals surface area contributed by atoms with Crippen LogP contribution in [0.15, 0.2) is 34.3 Å². The second kappa shape index (κ2) is 11.8. The van der Waals surface area contributed by atoms with E-state index in [1.165, 1.54) is 6.92 Å². The number of rotatable bonds is 5. The Labute approximate surface area is 240 Å². The van der Waals surface area contributed by atoms with Gasteiger partial charge in [-0.15, -0.1) is 0 Å². The Morgan fingerprint density at radius 2 is 1.20 bits per heavy atom. The highest BCUT2D eigenvalue weighted by Crippen LogP contribution is 2.38. The first-order chi connectivity index (χ1) is 18.4. The molecular formula is C34H48N2O4. The lowest BCUT2D eigenvalue weighted by Gasteiger charge is -2.28. The minimum absolute atomic E-state index is 0.0401. The molecule has 3 rings (SSSR count). The van der Waals surface area contributed by atoms with E-state index >= 15 is 0 Å². The number of hydrogen-bond acceptors (Lipinski definition) is 6. The molecule has 1 saturated carbocycles. The fourth-order valence-corrected chi connectivity index (χ4v) is 5.08. The third-order valence-electron chi connectivity index (χ3n) is 7.50. The fraction of sp³-hybridized carbons (Fsp3) is 0.559. The lowest BCUT2D eigenvalue weighted by atomic mass is 9.79. The Hall–Kier alpha value is -3.15. The van der Waals surface area contributed by atoms with Crippen LogP contribution in [-0.2, 0) is 21.0 Å². The number of benzene rings is 2. The van der Waals surface area contributed by atoms with Crippen molar-refractivity contribution in [1.82, 2.24) is 0 Å². The minimum Gasteiger partial charge on any atom is -0.507 e. The van der Waals surface area contributed by atoms with Gasteiger partial charge in [0.05, 0.1) is 12.1 Å². The van der Waals surface area contributed by atoms with E-state index in [-0.39, 0.29) is 39.8 Å². The molecule has 0 aromatic heterocycles. The molecule has 6 heteroatoms. The smallest absolute Gasteiger partial charge is 0.308 e. The van der Waals surface area contributed by atoms with Crippen LogP contribution >= 0.6 is 0 Å². The molecular weight excluding hydrogens is 500 g/mol. The highest BCUT2D eigenvalue weighted by molar-refractivity contribution is 5.86. The molecule has 1 aliphatic rings. The molecule has 2 N–H and O–H groups in total. The maximum absolute atomic E-state index is 11.6. The van der Waals surface area contributed by atoms with E-state index in [0.717, 1.165) is 42.4 Å². The molecule has 0 bridgehead atoms. The van der Waals surface area contributed by atoms with Crippen LogP contribution in [0.2, 0.25) is 0 Å². The van der Waals surface area contributed by atoms with E-state index in [2.05, 4.69) is 47.6 Å². The lowest BCUT2D eigenvalue weighted by molar-refractivity contribution is -0.131. The number of hydrogen-bond donors (Lipinski definition) is 2. The standard InChI is InChI=1S/C34H48N2O4/c1-21(37)40-25-16-23(31(39)27(18-25)34(8,9)10)20-36-29-14-12-11-13-28(29)35-19-22-15-24(32(2,3)4)17-26(30(22)38)33(5,6)7/h15-20,28-29,38-39H,11-14H2,1-10H3/t28-,29-/m1/s1. The van der Waals surface area contributed by atoms with Gasteiger partial charge in [0.1, 0.15) is 17.2 Å². The van der Waals surface area contributed by atoms with Crippen LogP contribution in [0.1, 0.15) is 123 Å². The molecule has 0 saturated heterocycles. The number of esters is 1. The molecule has 2 atom stereocenters. The quantitative estimate of drug-likeness (QED) is 0.227. The number of ether oxygens (including phenoxy) is 1. The molecule has 0 amide bonds. The third-order valence-corrected chi connectivity index (χ3v) is 7.50. The summed E-state index contributed by atoms with van der Waals surface area (Å²) in [6.45, 7) is 20.2. The van der Waals surface area contributed by atoms with Gasteiger partial charge in [0.2, 0.25) is 0 Å². The average molecular weight is 549 g/mol. The van der Waals surface area contributed by atoms with Gasteiger partial charge in [0.25, 0.3) is 0 Å². The van der Waals surface area contributed by atoms with E-state index < -0.39 is 5.97 Å². The van der Waals surface area contributed by atoms with Crippen LogP contribution in [0, 0.1) is 0 Å². The topological polar surface area (TPSA) is 91.5 Å². The van der Waals surface area contributed by atoms with Crippen molar-refractivity contribution in [3.05, 3.63) is 52.1 Å². The molecule has 6 nitrogen and oxygen atoms in total. The highest BCUT2D eigenvalue weighted by atomic mass is 16.5. The third kappa shape index (κ3) is 7.74. The first-order valence-corrected chi connectivity index (χ1v) is 14.4. The molecule has 40 heavy (non-hydrogen) atoms. The van der Waals surface area contributed by atoms with Crippen LogP contribution in [-0.4, -0.2) is 40.7 Å². The van der Waals surface area contributed by atoms with E-state index in [9.17, 15) is 15.0 Å². The Kier molecular flexibility index (Phi) is 9.22. The van der Waals surface area contributed by atoms with Crippen molar-refractivity contribution in [2.75, 3.05) is 0 Å². The number of nitrogens with zero attached hydrogens (tertiary/aromatic N) is 2. The van der Waals surface area contributed by atoms with Gasteiger partial charge < -0.3 is 14.9 Å². The second-order valence-electron chi connectivity index (χ2n) is 14.2. The van der Waals surface area contributed by atoms with Gasteiger partial charge in [0.15, 0.2) is 0 Å². The van der Waals surface area contributed by atoms with Crippen LogP contribution < -0.4 is 4.74 Å². The normalized spacial score (nSPS) is 18.9. The van der Waals surface area contributed by atoms with Crippen molar-refractivity contribution >= 4 is 18.4 Å². The molecule has 1 fully saturated rings. The SMILES string of the molecule is CC(=O)Oc1cc(C=N[C@@H]2CCCC[C@H]2N=Cc2cc(C(C)(C)C)cc(C(C)(C)C)c2O)c(O)c(C(C)(C)C)c1. The predicted molar refractivity (Wildman–Crippen MR) is 165 cm³/mol. The van der Waals surface area contributed by atoms with Gasteiger partial charge in [-0.3, -0.25) is 14.8 Å². The zero-order chi connectivity index (χ0) is 30.0. The fourth-order valence-electron chi connectivity index (χ4n) is 5.08.